The van der Waals surface area contributed by atoms with Gasteiger partial charge < -0.3 is 14.7 Å². The minimum Gasteiger partial charge on any atom is -0.467 e. The van der Waals surface area contributed by atoms with Crippen LogP contribution in [0, 0.1) is 5.92 Å². The number of hydrogen-bond donors (Lipinski definition) is 1. The zero-order valence-corrected chi connectivity index (χ0v) is 18.3. The summed E-state index contributed by atoms with van der Waals surface area (Å²) < 4.78 is 4.55. The van der Waals surface area contributed by atoms with E-state index in [4.69, 9.17) is 0 Å². The predicted octanol–water partition coefficient (Wildman–Crippen LogP) is 3.38. The number of esters is 1. The Hall–Kier alpha value is -2.47. The molecule has 0 saturated carbocycles. The normalized spacial score (nSPS) is 14.5. The number of allylic oxidation sites excluding steroid dienone is 8. The molecule has 0 aliphatic carbocycles. The van der Waals surface area contributed by atoms with Crippen molar-refractivity contribution in [3.63, 3.8) is 0 Å². The van der Waals surface area contributed by atoms with Crippen LogP contribution >= 0.6 is 0 Å². The first-order valence-corrected chi connectivity index (χ1v) is 9.87. The van der Waals surface area contributed by atoms with E-state index in [1.165, 1.54) is 14.2 Å². The van der Waals surface area contributed by atoms with Crippen LogP contribution in [0.3, 0.4) is 0 Å². The van der Waals surface area contributed by atoms with Crippen LogP contribution in [0.2, 0.25) is 0 Å². The molecule has 0 unspecified atom stereocenters. The van der Waals surface area contributed by atoms with E-state index in [2.05, 4.69) is 17.7 Å². The van der Waals surface area contributed by atoms with Crippen molar-refractivity contribution >= 4 is 17.7 Å². The monoisotopic (exact) mass is 405 g/mol. The van der Waals surface area contributed by atoms with E-state index in [0.717, 1.165) is 24.2 Å². The highest BCUT2D eigenvalue weighted by Gasteiger charge is 2.28. The third-order valence-electron chi connectivity index (χ3n) is 4.57. The SMILES string of the molecule is C/C=C/C=C/C=C/C[C@H](C)CC/C=C(\C)C(=O)CC(=O)N(C)[C@@H](CO)C(=O)OC. The summed E-state index contributed by atoms with van der Waals surface area (Å²) in [5, 5.41) is 9.27. The average molecular weight is 406 g/mol. The van der Waals surface area contributed by atoms with Crippen LogP contribution in [0.25, 0.3) is 0 Å². The van der Waals surface area contributed by atoms with Gasteiger partial charge in [-0.05, 0) is 44.6 Å². The van der Waals surface area contributed by atoms with E-state index in [-0.39, 0.29) is 12.2 Å². The maximum Gasteiger partial charge on any atom is 0.330 e. The second-order valence-electron chi connectivity index (χ2n) is 6.97. The smallest absolute Gasteiger partial charge is 0.330 e. The quantitative estimate of drug-likeness (QED) is 0.220. The van der Waals surface area contributed by atoms with E-state index in [1.807, 2.05) is 43.4 Å². The van der Waals surface area contributed by atoms with Crippen molar-refractivity contribution in [2.45, 2.75) is 52.5 Å². The Bertz CT molecular complexity index is 646. The zero-order valence-electron chi connectivity index (χ0n) is 18.3. The minimum atomic E-state index is -1.11. The zero-order chi connectivity index (χ0) is 22.2. The Morgan fingerprint density at radius 3 is 2.38 bits per heavy atom. The van der Waals surface area contributed by atoms with E-state index in [0.29, 0.717) is 11.5 Å². The number of hydrogen-bond acceptors (Lipinski definition) is 5. The first-order chi connectivity index (χ1) is 13.8. The Balaban J connectivity index is 4.48. The van der Waals surface area contributed by atoms with Gasteiger partial charge in [0.25, 0.3) is 0 Å². The van der Waals surface area contributed by atoms with Crippen molar-refractivity contribution in [2.75, 3.05) is 20.8 Å². The molecule has 0 heterocycles. The standard InChI is InChI=1S/C23H35NO5/c1-6-7-8-9-10-11-13-18(2)14-12-15-19(3)21(26)16-22(27)24(4)20(17-25)23(28)29-5/h6-11,15,18,20,25H,12-14,16-17H2,1-5H3/b7-6+,9-8+,11-10+,19-15+/t18-,20-/m0/s1. The second kappa shape index (κ2) is 15.5. The third-order valence-corrected chi connectivity index (χ3v) is 4.57. The number of rotatable bonds is 13. The summed E-state index contributed by atoms with van der Waals surface area (Å²) in [4.78, 5) is 37.1. The molecule has 0 bridgehead atoms. The van der Waals surface area contributed by atoms with Gasteiger partial charge in [0.2, 0.25) is 5.91 Å². The molecule has 6 heteroatoms. The fourth-order valence-corrected chi connectivity index (χ4v) is 2.51. The van der Waals surface area contributed by atoms with Crippen LogP contribution in [0.5, 0.6) is 0 Å². The van der Waals surface area contributed by atoms with Gasteiger partial charge in [0, 0.05) is 7.05 Å². The molecule has 0 aromatic rings. The van der Waals surface area contributed by atoms with Crippen molar-refractivity contribution in [3.8, 4) is 0 Å². The number of aliphatic hydroxyl groups excluding tert-OH is 1. The Labute approximate surface area is 174 Å². The van der Waals surface area contributed by atoms with Gasteiger partial charge in [-0.1, -0.05) is 49.5 Å². The Morgan fingerprint density at radius 1 is 1.14 bits per heavy atom. The van der Waals surface area contributed by atoms with Crippen LogP contribution in [-0.2, 0) is 19.1 Å². The van der Waals surface area contributed by atoms with Crippen LogP contribution in [-0.4, -0.2) is 54.5 Å². The first kappa shape index (κ1) is 26.5. The fraction of sp³-hybridized carbons (Fsp3) is 0.522. The lowest BCUT2D eigenvalue weighted by atomic mass is 9.99. The fourth-order valence-electron chi connectivity index (χ4n) is 2.51. The molecule has 29 heavy (non-hydrogen) atoms. The molecule has 0 rings (SSSR count). The van der Waals surface area contributed by atoms with Gasteiger partial charge in [-0.25, -0.2) is 4.79 Å². The summed E-state index contributed by atoms with van der Waals surface area (Å²) in [6.07, 6.45) is 16.2. The summed E-state index contributed by atoms with van der Waals surface area (Å²) in [5.74, 6) is -1.05. The molecule has 1 N–H and O–H groups in total. The van der Waals surface area contributed by atoms with Gasteiger partial charge in [-0.3, -0.25) is 9.59 Å². The largest absolute Gasteiger partial charge is 0.467 e. The number of ketones is 1. The van der Waals surface area contributed by atoms with Crippen molar-refractivity contribution in [3.05, 3.63) is 48.1 Å². The minimum absolute atomic E-state index is 0.287. The molecular weight excluding hydrogens is 370 g/mol. The number of aliphatic hydroxyl groups is 1. The number of likely N-dealkylation sites (N-methyl/N-ethyl adjacent to an activating group) is 1. The number of carbonyl (C=O) groups is 3. The number of amides is 1. The maximum absolute atomic E-state index is 12.3. The number of Topliss-reactive ketones (excluding diaryl/α,β-unsaturated/α-hetero) is 1. The van der Waals surface area contributed by atoms with Crippen molar-refractivity contribution in [2.24, 2.45) is 5.92 Å². The summed E-state index contributed by atoms with van der Waals surface area (Å²) in [5.41, 5.74) is 0.530. The summed E-state index contributed by atoms with van der Waals surface area (Å²) >= 11 is 0. The molecule has 2 atom stereocenters. The molecule has 0 spiro atoms. The molecule has 1 amide bonds. The molecular formula is C23H35NO5. The topological polar surface area (TPSA) is 83.9 Å². The number of ether oxygens (including phenoxy) is 1. The lowest BCUT2D eigenvalue weighted by Crippen LogP contribution is -2.45. The lowest BCUT2D eigenvalue weighted by Gasteiger charge is -2.24. The van der Waals surface area contributed by atoms with Crippen LogP contribution < -0.4 is 0 Å². The van der Waals surface area contributed by atoms with Crippen LogP contribution in [0.4, 0.5) is 0 Å². The molecule has 0 fully saturated rings. The average Bonchev–Trinajstić information content (AvgIpc) is 2.70. The van der Waals surface area contributed by atoms with Gasteiger partial charge >= 0.3 is 5.97 Å². The predicted molar refractivity (Wildman–Crippen MR) is 115 cm³/mol. The number of nitrogens with zero attached hydrogens (tertiary/aromatic N) is 1. The highest BCUT2D eigenvalue weighted by atomic mass is 16.5. The van der Waals surface area contributed by atoms with Gasteiger partial charge in [0.15, 0.2) is 11.8 Å². The van der Waals surface area contributed by atoms with Gasteiger partial charge in [-0.2, -0.15) is 0 Å². The van der Waals surface area contributed by atoms with Crippen molar-refractivity contribution < 1.29 is 24.2 Å². The number of carbonyl (C=O) groups excluding carboxylic acids is 3. The molecule has 0 saturated heterocycles. The van der Waals surface area contributed by atoms with Gasteiger partial charge in [0.05, 0.1) is 20.1 Å². The molecule has 0 aromatic heterocycles. The van der Waals surface area contributed by atoms with Gasteiger partial charge in [0.1, 0.15) is 0 Å². The van der Waals surface area contributed by atoms with Crippen molar-refractivity contribution in [1.29, 1.82) is 0 Å². The van der Waals surface area contributed by atoms with E-state index in [9.17, 15) is 19.5 Å². The lowest BCUT2D eigenvalue weighted by molar-refractivity contribution is -0.154. The Kier molecular flexibility index (Phi) is 14.1. The molecule has 0 aromatic carbocycles. The summed E-state index contributed by atoms with van der Waals surface area (Å²) in [6.45, 7) is 5.26. The van der Waals surface area contributed by atoms with Crippen molar-refractivity contribution in [1.82, 2.24) is 4.90 Å². The maximum atomic E-state index is 12.3. The molecule has 0 aliphatic heterocycles. The van der Waals surface area contributed by atoms with E-state index < -0.39 is 24.5 Å². The molecule has 6 nitrogen and oxygen atoms in total. The summed E-state index contributed by atoms with van der Waals surface area (Å²) in [7, 11) is 2.55. The van der Waals surface area contributed by atoms with E-state index >= 15 is 0 Å². The first-order valence-electron chi connectivity index (χ1n) is 9.87. The Morgan fingerprint density at radius 2 is 1.79 bits per heavy atom. The molecule has 162 valence electrons. The molecule has 0 aliphatic rings. The number of methoxy groups -OCH3 is 1. The van der Waals surface area contributed by atoms with Gasteiger partial charge in [-0.15, -0.1) is 0 Å². The summed E-state index contributed by atoms with van der Waals surface area (Å²) in [6, 6.07) is -1.11. The molecule has 0 radical (unpaired) electrons. The van der Waals surface area contributed by atoms with Crippen LogP contribution in [0.1, 0.15) is 46.5 Å². The van der Waals surface area contributed by atoms with Crippen LogP contribution in [0.15, 0.2) is 48.1 Å². The third kappa shape index (κ3) is 11.2. The second-order valence-corrected chi connectivity index (χ2v) is 6.97. The van der Waals surface area contributed by atoms with E-state index in [1.54, 1.807) is 6.92 Å². The highest BCUT2D eigenvalue weighted by molar-refractivity contribution is 6.07. The highest BCUT2D eigenvalue weighted by Crippen LogP contribution is 2.13.